The second-order valence-corrected chi connectivity index (χ2v) is 6.47. The van der Waals surface area contributed by atoms with Crippen molar-refractivity contribution in [2.24, 2.45) is 0 Å². The van der Waals surface area contributed by atoms with E-state index >= 15 is 0 Å². The lowest BCUT2D eigenvalue weighted by molar-refractivity contribution is 0.747. The zero-order valence-electron chi connectivity index (χ0n) is 10.4. The lowest BCUT2D eigenvalue weighted by atomic mass is 10.0. The molecule has 1 heterocycles. The van der Waals surface area contributed by atoms with Gasteiger partial charge in [0.05, 0.1) is 0 Å². The fraction of sp³-hybridized carbons (Fsp3) is 0.571. The average molecular weight is 235 g/mol. The van der Waals surface area contributed by atoms with Crippen molar-refractivity contribution < 1.29 is 0 Å². The van der Waals surface area contributed by atoms with E-state index in [1.807, 2.05) is 0 Å². The van der Waals surface area contributed by atoms with Crippen LogP contribution in [0.4, 0.5) is 5.69 Å². The second-order valence-electron chi connectivity index (χ2n) is 5.00. The molecule has 0 aliphatic carbocycles. The molecule has 2 heteroatoms. The Bertz CT molecular complexity index is 331. The van der Waals surface area contributed by atoms with E-state index in [0.29, 0.717) is 12.0 Å². The second kappa shape index (κ2) is 5.13. The monoisotopic (exact) mass is 235 g/mol. The van der Waals surface area contributed by atoms with Gasteiger partial charge in [-0.2, -0.15) is 11.8 Å². The Kier molecular flexibility index (Phi) is 3.80. The van der Waals surface area contributed by atoms with Gasteiger partial charge in [0.2, 0.25) is 0 Å². The first-order chi connectivity index (χ1) is 7.65. The molecule has 1 saturated heterocycles. The van der Waals surface area contributed by atoms with Gasteiger partial charge in [0, 0.05) is 22.7 Å². The summed E-state index contributed by atoms with van der Waals surface area (Å²) in [6, 6.07) is 9.55. The van der Waals surface area contributed by atoms with Crippen LogP contribution < -0.4 is 5.32 Å². The van der Waals surface area contributed by atoms with Gasteiger partial charge in [-0.25, -0.2) is 0 Å². The minimum atomic E-state index is 0.621. The molecule has 2 rings (SSSR count). The smallest absolute Gasteiger partial charge is 0.0362 e. The number of nitrogens with one attached hydrogen (secondary N) is 1. The molecule has 1 aliphatic heterocycles. The van der Waals surface area contributed by atoms with E-state index < -0.39 is 0 Å². The molecule has 0 spiro atoms. The number of rotatable bonds is 3. The van der Waals surface area contributed by atoms with E-state index in [2.05, 4.69) is 62.1 Å². The first kappa shape index (κ1) is 11.8. The summed E-state index contributed by atoms with van der Waals surface area (Å²) >= 11 is 2.07. The van der Waals surface area contributed by atoms with Crippen LogP contribution in [0, 0.1) is 0 Å². The molecule has 0 aromatic heterocycles. The van der Waals surface area contributed by atoms with Crippen LogP contribution in [0.25, 0.3) is 0 Å². The minimum absolute atomic E-state index is 0.621. The van der Waals surface area contributed by atoms with Crippen molar-refractivity contribution in [1.29, 1.82) is 0 Å². The van der Waals surface area contributed by atoms with Crippen LogP contribution >= 0.6 is 11.8 Å². The highest BCUT2D eigenvalue weighted by Gasteiger charge is 2.21. The van der Waals surface area contributed by atoms with E-state index in [4.69, 9.17) is 0 Å². The normalized spacial score (nSPS) is 25.0. The summed E-state index contributed by atoms with van der Waals surface area (Å²) in [6.07, 6.45) is 1.29. The lowest BCUT2D eigenvalue weighted by Crippen LogP contribution is -2.18. The van der Waals surface area contributed by atoms with Crippen molar-refractivity contribution in [3.8, 4) is 0 Å². The number of hydrogen-bond acceptors (Lipinski definition) is 2. The van der Waals surface area contributed by atoms with Crippen molar-refractivity contribution in [3.63, 3.8) is 0 Å². The summed E-state index contributed by atoms with van der Waals surface area (Å²) in [7, 11) is 0. The molecule has 0 bridgehead atoms. The maximum absolute atomic E-state index is 3.62. The van der Waals surface area contributed by atoms with Crippen molar-refractivity contribution in [3.05, 3.63) is 29.8 Å². The third kappa shape index (κ3) is 2.94. The van der Waals surface area contributed by atoms with E-state index in [-0.39, 0.29) is 0 Å². The summed E-state index contributed by atoms with van der Waals surface area (Å²) in [5, 5.41) is 4.43. The first-order valence-electron chi connectivity index (χ1n) is 6.13. The molecule has 0 saturated carbocycles. The van der Waals surface area contributed by atoms with E-state index in [1.165, 1.54) is 23.4 Å². The van der Waals surface area contributed by atoms with Gasteiger partial charge < -0.3 is 5.32 Å². The number of thioether (sulfide) groups is 1. The summed E-state index contributed by atoms with van der Waals surface area (Å²) < 4.78 is 0. The lowest BCUT2D eigenvalue weighted by Gasteiger charge is -2.14. The quantitative estimate of drug-likeness (QED) is 0.846. The molecular formula is C14H21NS. The summed E-state index contributed by atoms with van der Waals surface area (Å²) in [5.41, 5.74) is 2.68. The molecule has 1 fully saturated rings. The Morgan fingerprint density at radius 1 is 1.25 bits per heavy atom. The largest absolute Gasteiger partial charge is 0.381 e. The van der Waals surface area contributed by atoms with Crippen LogP contribution in [-0.4, -0.2) is 17.0 Å². The predicted molar refractivity (Wildman–Crippen MR) is 74.5 cm³/mol. The summed E-state index contributed by atoms with van der Waals surface area (Å²) in [5.74, 6) is 1.86. The van der Waals surface area contributed by atoms with Crippen LogP contribution in [0.2, 0.25) is 0 Å². The summed E-state index contributed by atoms with van der Waals surface area (Å²) in [4.78, 5) is 0. The molecule has 0 radical (unpaired) electrons. The fourth-order valence-corrected chi connectivity index (χ4v) is 3.27. The Morgan fingerprint density at radius 2 is 1.94 bits per heavy atom. The van der Waals surface area contributed by atoms with Crippen LogP contribution in [0.3, 0.4) is 0 Å². The highest BCUT2D eigenvalue weighted by molar-refractivity contribution is 8.00. The van der Waals surface area contributed by atoms with Gasteiger partial charge in [0.15, 0.2) is 0 Å². The standard InChI is InChI=1S/C14H21NS/c1-10(2)12-4-6-13(7-5-12)15-14-8-11(3)16-9-14/h4-7,10-11,14-15H,8-9H2,1-3H3. The Morgan fingerprint density at radius 3 is 2.44 bits per heavy atom. The fourth-order valence-electron chi connectivity index (χ4n) is 2.12. The van der Waals surface area contributed by atoms with Crippen LogP contribution in [0.1, 0.15) is 38.7 Å². The summed E-state index contributed by atoms with van der Waals surface area (Å²) in [6.45, 7) is 6.78. The maximum Gasteiger partial charge on any atom is 0.0362 e. The molecule has 2 unspecified atom stereocenters. The third-order valence-corrected chi connectivity index (χ3v) is 4.50. The molecule has 1 nitrogen and oxygen atoms in total. The molecule has 16 heavy (non-hydrogen) atoms. The van der Waals surface area contributed by atoms with Gasteiger partial charge in [0.1, 0.15) is 0 Å². The van der Waals surface area contributed by atoms with Crippen LogP contribution in [0.5, 0.6) is 0 Å². The maximum atomic E-state index is 3.62. The van der Waals surface area contributed by atoms with Crippen molar-refractivity contribution in [2.45, 2.75) is 44.4 Å². The van der Waals surface area contributed by atoms with Crippen LogP contribution in [0.15, 0.2) is 24.3 Å². The van der Waals surface area contributed by atoms with E-state index in [1.54, 1.807) is 0 Å². The van der Waals surface area contributed by atoms with Gasteiger partial charge in [-0.3, -0.25) is 0 Å². The molecular weight excluding hydrogens is 214 g/mol. The third-order valence-electron chi connectivity index (χ3n) is 3.15. The highest BCUT2D eigenvalue weighted by atomic mass is 32.2. The van der Waals surface area contributed by atoms with Gasteiger partial charge in [-0.05, 0) is 30.0 Å². The van der Waals surface area contributed by atoms with Gasteiger partial charge in [-0.1, -0.05) is 32.9 Å². The van der Waals surface area contributed by atoms with Crippen molar-refractivity contribution in [1.82, 2.24) is 0 Å². The van der Waals surface area contributed by atoms with Gasteiger partial charge >= 0.3 is 0 Å². The highest BCUT2D eigenvalue weighted by Crippen LogP contribution is 2.28. The minimum Gasteiger partial charge on any atom is -0.381 e. The van der Waals surface area contributed by atoms with Crippen molar-refractivity contribution >= 4 is 17.4 Å². The Labute approximate surface area is 103 Å². The zero-order chi connectivity index (χ0) is 11.5. The molecule has 1 aliphatic rings. The molecule has 1 aromatic rings. The number of anilines is 1. The Hall–Kier alpha value is -0.630. The van der Waals surface area contributed by atoms with Crippen LogP contribution in [-0.2, 0) is 0 Å². The van der Waals surface area contributed by atoms with Gasteiger partial charge in [0.25, 0.3) is 0 Å². The molecule has 1 N–H and O–H groups in total. The molecule has 88 valence electrons. The zero-order valence-corrected chi connectivity index (χ0v) is 11.2. The SMILES string of the molecule is CC1CC(Nc2ccc(C(C)C)cc2)CS1. The van der Waals surface area contributed by atoms with E-state index in [9.17, 15) is 0 Å². The molecule has 2 atom stereocenters. The predicted octanol–water partition coefficient (Wildman–Crippen LogP) is 4.12. The number of hydrogen-bond donors (Lipinski definition) is 1. The molecule has 0 amide bonds. The molecule has 1 aromatic carbocycles. The Balaban J connectivity index is 1.95. The van der Waals surface area contributed by atoms with E-state index in [0.717, 1.165) is 5.25 Å². The topological polar surface area (TPSA) is 12.0 Å². The average Bonchev–Trinajstić information content (AvgIpc) is 2.65. The van der Waals surface area contributed by atoms with Crippen molar-refractivity contribution in [2.75, 3.05) is 11.1 Å². The number of benzene rings is 1. The first-order valence-corrected chi connectivity index (χ1v) is 7.18. The van der Waals surface area contributed by atoms with Gasteiger partial charge in [-0.15, -0.1) is 0 Å².